The lowest BCUT2D eigenvalue weighted by Gasteiger charge is -2.34. The summed E-state index contributed by atoms with van der Waals surface area (Å²) in [5.74, 6) is 1.46. The van der Waals surface area contributed by atoms with Crippen LogP contribution >= 0.6 is 11.8 Å². The molecule has 6 heteroatoms. The topological polar surface area (TPSA) is 68.9 Å². The third kappa shape index (κ3) is 3.93. The van der Waals surface area contributed by atoms with Crippen LogP contribution in [0.1, 0.15) is 30.9 Å². The number of hydrogen-bond donors (Lipinski definition) is 2. The summed E-state index contributed by atoms with van der Waals surface area (Å²) >= 11 is 1.88. The molecule has 1 atom stereocenters. The first-order valence-corrected chi connectivity index (χ1v) is 9.36. The van der Waals surface area contributed by atoms with Gasteiger partial charge in [0.1, 0.15) is 5.75 Å². The zero-order valence-corrected chi connectivity index (χ0v) is 14.4. The number of nitrogens with one attached hydrogen (secondary N) is 1. The van der Waals surface area contributed by atoms with Gasteiger partial charge in [-0.15, -0.1) is 0 Å². The van der Waals surface area contributed by atoms with Crippen LogP contribution in [-0.4, -0.2) is 43.3 Å². The lowest BCUT2D eigenvalue weighted by atomic mass is 9.99. The average Bonchev–Trinajstić information content (AvgIpc) is 2.61. The molecule has 3 rings (SSSR count). The van der Waals surface area contributed by atoms with Crippen molar-refractivity contribution in [3.05, 3.63) is 29.8 Å². The molecule has 0 aliphatic carbocycles. The number of benzene rings is 1. The number of ether oxygens (including phenoxy) is 2. The second-order valence-electron chi connectivity index (χ2n) is 6.07. The number of rotatable bonds is 4. The van der Waals surface area contributed by atoms with E-state index in [0.717, 1.165) is 50.3 Å². The number of fused-ring (bicyclic) bond motifs is 1. The maximum absolute atomic E-state index is 6.15. The Balaban J connectivity index is 1.64. The van der Waals surface area contributed by atoms with Gasteiger partial charge in [-0.3, -0.25) is 4.99 Å². The quantitative estimate of drug-likeness (QED) is 0.653. The standard InChI is InChI=1S/C17H25N3O2S/c1-23-17(7-10-21-11-8-17)12-19-16(18)20-14-6-9-22-15-5-3-2-4-13(14)15/h2-5,14H,6-12H2,1H3,(H3,18,19,20). The van der Waals surface area contributed by atoms with Crippen LogP contribution in [0.25, 0.3) is 0 Å². The van der Waals surface area contributed by atoms with E-state index < -0.39 is 0 Å². The van der Waals surface area contributed by atoms with E-state index in [2.05, 4.69) is 22.6 Å². The SMILES string of the molecule is CSC1(CN=C(N)NC2CCOc3ccccc32)CCOCC1. The van der Waals surface area contributed by atoms with Crippen molar-refractivity contribution in [2.45, 2.75) is 30.1 Å². The number of nitrogens with zero attached hydrogens (tertiary/aromatic N) is 1. The first-order valence-electron chi connectivity index (χ1n) is 8.13. The highest BCUT2D eigenvalue weighted by atomic mass is 32.2. The number of para-hydroxylation sites is 1. The normalized spacial score (nSPS) is 23.7. The average molecular weight is 335 g/mol. The second-order valence-corrected chi connectivity index (χ2v) is 7.35. The molecule has 0 radical (unpaired) electrons. The molecule has 1 aromatic rings. The van der Waals surface area contributed by atoms with Gasteiger partial charge in [0.15, 0.2) is 5.96 Å². The van der Waals surface area contributed by atoms with Crippen molar-refractivity contribution in [2.75, 3.05) is 32.6 Å². The molecule has 0 bridgehead atoms. The van der Waals surface area contributed by atoms with Crippen molar-refractivity contribution in [3.8, 4) is 5.75 Å². The molecular formula is C17H25N3O2S. The Bertz CT molecular complexity index is 559. The van der Waals surface area contributed by atoms with Crippen molar-refractivity contribution in [1.29, 1.82) is 0 Å². The lowest BCUT2D eigenvalue weighted by molar-refractivity contribution is 0.0794. The number of thioether (sulfide) groups is 1. The fourth-order valence-corrected chi connectivity index (χ4v) is 3.88. The van der Waals surface area contributed by atoms with Gasteiger partial charge < -0.3 is 20.5 Å². The molecule has 1 saturated heterocycles. The molecule has 2 heterocycles. The van der Waals surface area contributed by atoms with E-state index in [1.54, 1.807) is 0 Å². The molecule has 1 unspecified atom stereocenters. The van der Waals surface area contributed by atoms with E-state index in [9.17, 15) is 0 Å². The van der Waals surface area contributed by atoms with Crippen LogP contribution in [0.3, 0.4) is 0 Å². The van der Waals surface area contributed by atoms with Gasteiger partial charge in [-0.05, 0) is 25.2 Å². The smallest absolute Gasteiger partial charge is 0.189 e. The van der Waals surface area contributed by atoms with Gasteiger partial charge in [-0.1, -0.05) is 18.2 Å². The first-order chi connectivity index (χ1) is 11.2. The van der Waals surface area contributed by atoms with Gasteiger partial charge in [0, 0.05) is 29.9 Å². The highest BCUT2D eigenvalue weighted by Crippen LogP contribution is 2.34. The number of aliphatic imine (C=N–C) groups is 1. The maximum Gasteiger partial charge on any atom is 0.189 e. The van der Waals surface area contributed by atoms with Crippen molar-refractivity contribution in [3.63, 3.8) is 0 Å². The van der Waals surface area contributed by atoms with E-state index >= 15 is 0 Å². The first kappa shape index (κ1) is 16.5. The summed E-state index contributed by atoms with van der Waals surface area (Å²) in [6.45, 7) is 3.07. The molecule has 0 spiro atoms. The van der Waals surface area contributed by atoms with Gasteiger partial charge in [0.2, 0.25) is 0 Å². The van der Waals surface area contributed by atoms with Crippen LogP contribution in [-0.2, 0) is 4.74 Å². The Kier molecular flexibility index (Phi) is 5.33. The van der Waals surface area contributed by atoms with Crippen LogP contribution in [0.15, 0.2) is 29.3 Å². The van der Waals surface area contributed by atoms with Crippen LogP contribution in [0.2, 0.25) is 0 Å². The van der Waals surface area contributed by atoms with Crippen LogP contribution in [0.4, 0.5) is 0 Å². The lowest BCUT2D eigenvalue weighted by Crippen LogP contribution is -2.40. The minimum absolute atomic E-state index is 0.165. The number of hydrogen-bond acceptors (Lipinski definition) is 4. The molecule has 23 heavy (non-hydrogen) atoms. The molecule has 5 nitrogen and oxygen atoms in total. The molecule has 2 aliphatic rings. The third-order valence-electron chi connectivity index (χ3n) is 4.66. The Labute approximate surface area is 142 Å². The zero-order chi connectivity index (χ0) is 16.1. The van der Waals surface area contributed by atoms with Crippen molar-refractivity contribution < 1.29 is 9.47 Å². The van der Waals surface area contributed by atoms with Crippen molar-refractivity contribution >= 4 is 17.7 Å². The molecule has 3 N–H and O–H groups in total. The zero-order valence-electron chi connectivity index (χ0n) is 13.6. The van der Waals surface area contributed by atoms with Gasteiger partial charge in [0.05, 0.1) is 19.2 Å². The molecule has 0 aromatic heterocycles. The summed E-state index contributed by atoms with van der Waals surface area (Å²) in [7, 11) is 0. The second kappa shape index (κ2) is 7.45. The molecule has 0 saturated carbocycles. The summed E-state index contributed by atoms with van der Waals surface area (Å²) in [5.41, 5.74) is 7.31. The summed E-state index contributed by atoms with van der Waals surface area (Å²) in [5, 5.41) is 3.36. The van der Waals surface area contributed by atoms with Crippen molar-refractivity contribution in [1.82, 2.24) is 5.32 Å². The van der Waals surface area contributed by atoms with Gasteiger partial charge in [-0.25, -0.2) is 0 Å². The van der Waals surface area contributed by atoms with Crippen molar-refractivity contribution in [2.24, 2.45) is 10.7 Å². The Hall–Kier alpha value is -1.40. The van der Waals surface area contributed by atoms with Crippen LogP contribution < -0.4 is 15.8 Å². The number of nitrogens with two attached hydrogens (primary N) is 1. The third-order valence-corrected chi connectivity index (χ3v) is 6.06. The van der Waals surface area contributed by atoms with E-state index in [4.69, 9.17) is 15.2 Å². The van der Waals surface area contributed by atoms with Crippen LogP contribution in [0, 0.1) is 0 Å². The predicted molar refractivity (Wildman–Crippen MR) is 95.2 cm³/mol. The van der Waals surface area contributed by atoms with Gasteiger partial charge in [-0.2, -0.15) is 11.8 Å². The molecule has 0 amide bonds. The highest BCUT2D eigenvalue weighted by Gasteiger charge is 2.31. The molecule has 1 aromatic carbocycles. The Morgan fingerprint density at radius 3 is 2.91 bits per heavy atom. The predicted octanol–water partition coefficient (Wildman–Crippen LogP) is 2.33. The van der Waals surface area contributed by atoms with E-state index in [-0.39, 0.29) is 10.8 Å². The summed E-state index contributed by atoms with van der Waals surface area (Å²) < 4.78 is 11.3. The number of guanidine groups is 1. The molecule has 2 aliphatic heterocycles. The largest absolute Gasteiger partial charge is 0.493 e. The van der Waals surface area contributed by atoms with Crippen LogP contribution in [0.5, 0.6) is 5.75 Å². The van der Waals surface area contributed by atoms with Gasteiger partial charge >= 0.3 is 0 Å². The Morgan fingerprint density at radius 1 is 1.35 bits per heavy atom. The minimum atomic E-state index is 0.165. The summed E-state index contributed by atoms with van der Waals surface area (Å²) in [6, 6.07) is 8.28. The summed E-state index contributed by atoms with van der Waals surface area (Å²) in [6.07, 6.45) is 5.12. The molecule has 126 valence electrons. The monoisotopic (exact) mass is 335 g/mol. The van der Waals surface area contributed by atoms with E-state index in [1.165, 1.54) is 0 Å². The summed E-state index contributed by atoms with van der Waals surface area (Å²) in [4.78, 5) is 4.62. The minimum Gasteiger partial charge on any atom is -0.493 e. The van der Waals surface area contributed by atoms with E-state index in [1.807, 2.05) is 30.0 Å². The molecule has 1 fully saturated rings. The fourth-order valence-electron chi connectivity index (χ4n) is 3.12. The maximum atomic E-state index is 6.15. The van der Waals surface area contributed by atoms with E-state index in [0.29, 0.717) is 12.6 Å². The highest BCUT2D eigenvalue weighted by molar-refractivity contribution is 8.00. The fraction of sp³-hybridized carbons (Fsp3) is 0.588. The Morgan fingerprint density at radius 2 is 2.13 bits per heavy atom. The molecular weight excluding hydrogens is 310 g/mol. The van der Waals surface area contributed by atoms with Gasteiger partial charge in [0.25, 0.3) is 0 Å².